The summed E-state index contributed by atoms with van der Waals surface area (Å²) >= 11 is 5.83. The van der Waals surface area contributed by atoms with Crippen molar-refractivity contribution in [3.63, 3.8) is 0 Å². The summed E-state index contributed by atoms with van der Waals surface area (Å²) in [6.45, 7) is 0. The third-order valence-electron chi connectivity index (χ3n) is 1.75. The lowest BCUT2D eigenvalue weighted by Gasteiger charge is -2.01. The summed E-state index contributed by atoms with van der Waals surface area (Å²) in [5, 5.41) is 0.508. The fourth-order valence-electron chi connectivity index (χ4n) is 1.04. The molecule has 0 aromatic heterocycles. The van der Waals surface area contributed by atoms with Crippen LogP contribution >= 0.6 is 11.6 Å². The van der Waals surface area contributed by atoms with Gasteiger partial charge < -0.3 is 0 Å². The van der Waals surface area contributed by atoms with E-state index in [0.717, 1.165) is 5.56 Å². The molecule has 7 heteroatoms. The van der Waals surface area contributed by atoms with Gasteiger partial charge in [-0.05, 0) is 23.6 Å². The topological polar surface area (TPSA) is 82.9 Å². The van der Waals surface area contributed by atoms with Crippen molar-refractivity contribution < 1.29 is 8.42 Å². The van der Waals surface area contributed by atoms with E-state index in [-0.39, 0.29) is 12.2 Å². The zero-order valence-electron chi connectivity index (χ0n) is 7.67. The predicted molar refractivity (Wildman–Crippen MR) is 58.1 cm³/mol. The van der Waals surface area contributed by atoms with Gasteiger partial charge in [0, 0.05) is 14.5 Å². The van der Waals surface area contributed by atoms with Crippen LogP contribution < -0.4 is 0 Å². The minimum absolute atomic E-state index is 0.235. The molecular formula is C8H8ClN3O2S. The van der Waals surface area contributed by atoms with E-state index in [1.165, 1.54) is 0 Å². The molecule has 0 aliphatic rings. The van der Waals surface area contributed by atoms with Crippen LogP contribution in [0.5, 0.6) is 0 Å². The minimum Gasteiger partial charge on any atom is -0.221 e. The summed E-state index contributed by atoms with van der Waals surface area (Å²) in [4.78, 5) is 2.25. The Bertz CT molecular complexity index is 494. The number of sulfonamides is 1. The number of nitrogens with zero attached hydrogens (tertiary/aromatic N) is 3. The Morgan fingerprint density at radius 3 is 2.67 bits per heavy atom. The number of hydrogen-bond acceptors (Lipinski definition) is 2. The molecule has 0 atom stereocenters. The van der Waals surface area contributed by atoms with Crippen LogP contribution in [0.25, 0.3) is 10.4 Å². The normalized spacial score (nSPS) is 10.7. The van der Waals surface area contributed by atoms with E-state index in [0.29, 0.717) is 5.02 Å². The molecule has 0 spiro atoms. The zero-order chi connectivity index (χ0) is 11.3. The lowest BCUT2D eigenvalue weighted by atomic mass is 10.2. The van der Waals surface area contributed by atoms with Crippen molar-refractivity contribution in [1.82, 2.24) is 0 Å². The van der Waals surface area contributed by atoms with E-state index in [4.69, 9.17) is 17.1 Å². The maximum atomic E-state index is 11.1. The quantitative estimate of drug-likeness (QED) is 0.464. The Morgan fingerprint density at radius 1 is 1.40 bits per heavy atom. The van der Waals surface area contributed by atoms with Crippen LogP contribution in [-0.4, -0.2) is 14.2 Å². The largest absolute Gasteiger partial charge is 0.235 e. The molecule has 0 aliphatic heterocycles. The highest BCUT2D eigenvalue weighted by molar-refractivity contribution is 7.89. The molecule has 1 aromatic rings. The standard InChI is InChI=1S/C8H8ClN3O2S/c9-8-4-2-1-3-7(8)5-6-15(13,14)12-11-10/h1-4H,5-6H2. The monoisotopic (exact) mass is 245 g/mol. The number of rotatable bonds is 4. The highest BCUT2D eigenvalue weighted by atomic mass is 35.5. The summed E-state index contributed by atoms with van der Waals surface area (Å²) in [7, 11) is -3.70. The number of aryl methyl sites for hydroxylation is 1. The molecule has 80 valence electrons. The molecule has 0 radical (unpaired) electrons. The van der Waals surface area contributed by atoms with E-state index in [1.54, 1.807) is 24.3 Å². The second-order valence-corrected chi connectivity index (χ2v) is 4.94. The molecule has 0 aliphatic carbocycles. The van der Waals surface area contributed by atoms with E-state index in [2.05, 4.69) is 9.43 Å². The van der Waals surface area contributed by atoms with Gasteiger partial charge in [-0.2, -0.15) is 0 Å². The fraction of sp³-hybridized carbons (Fsp3) is 0.250. The minimum atomic E-state index is -3.70. The maximum Gasteiger partial charge on any atom is 0.235 e. The first kappa shape index (κ1) is 11.8. The lowest BCUT2D eigenvalue weighted by molar-refractivity contribution is 0.596. The first-order chi connectivity index (χ1) is 7.05. The van der Waals surface area contributed by atoms with Gasteiger partial charge in [-0.1, -0.05) is 29.8 Å². The predicted octanol–water partition coefficient (Wildman–Crippen LogP) is 2.52. The molecule has 0 N–H and O–H groups in total. The summed E-state index contributed by atoms with van der Waals surface area (Å²) < 4.78 is 24.8. The molecule has 0 fully saturated rings. The van der Waals surface area contributed by atoms with Gasteiger partial charge in [0.15, 0.2) is 0 Å². The van der Waals surface area contributed by atoms with Gasteiger partial charge >= 0.3 is 0 Å². The maximum absolute atomic E-state index is 11.1. The van der Waals surface area contributed by atoms with Crippen LogP contribution in [0.3, 0.4) is 0 Å². The Balaban J connectivity index is 2.74. The number of azide groups is 1. The van der Waals surface area contributed by atoms with Crippen LogP contribution in [0.15, 0.2) is 28.8 Å². The van der Waals surface area contributed by atoms with Crippen molar-refractivity contribution >= 4 is 21.6 Å². The Labute approximate surface area is 92.4 Å². The molecule has 0 amide bonds. The second kappa shape index (κ2) is 5.02. The lowest BCUT2D eigenvalue weighted by Crippen LogP contribution is -2.04. The average molecular weight is 246 g/mol. The van der Waals surface area contributed by atoms with Crippen molar-refractivity contribution in [2.45, 2.75) is 6.42 Å². The van der Waals surface area contributed by atoms with Crippen LogP contribution in [0.4, 0.5) is 0 Å². The molecule has 0 bridgehead atoms. The molecule has 0 saturated carbocycles. The highest BCUT2D eigenvalue weighted by Gasteiger charge is 2.09. The second-order valence-electron chi connectivity index (χ2n) is 2.80. The summed E-state index contributed by atoms with van der Waals surface area (Å²) in [6.07, 6.45) is 0.237. The van der Waals surface area contributed by atoms with E-state index >= 15 is 0 Å². The van der Waals surface area contributed by atoms with Gasteiger partial charge in [0.05, 0.1) is 5.75 Å². The van der Waals surface area contributed by atoms with Crippen molar-refractivity contribution in [2.24, 2.45) is 4.52 Å². The smallest absolute Gasteiger partial charge is 0.221 e. The first-order valence-corrected chi connectivity index (χ1v) is 6.06. The molecular weight excluding hydrogens is 238 g/mol. The Kier molecular flexibility index (Phi) is 3.96. The first-order valence-electron chi connectivity index (χ1n) is 4.07. The van der Waals surface area contributed by atoms with Crippen LogP contribution in [0.1, 0.15) is 5.56 Å². The Morgan fingerprint density at radius 2 is 2.07 bits per heavy atom. The molecule has 1 rings (SSSR count). The van der Waals surface area contributed by atoms with Crippen molar-refractivity contribution in [2.75, 3.05) is 5.75 Å². The molecule has 1 aromatic carbocycles. The number of halogens is 1. The molecule has 15 heavy (non-hydrogen) atoms. The summed E-state index contributed by atoms with van der Waals surface area (Å²) in [5.41, 5.74) is 8.73. The summed E-state index contributed by atoms with van der Waals surface area (Å²) in [6, 6.07) is 6.93. The van der Waals surface area contributed by atoms with Crippen LogP contribution in [0, 0.1) is 0 Å². The van der Waals surface area contributed by atoms with Gasteiger partial charge in [0.1, 0.15) is 0 Å². The molecule has 0 saturated heterocycles. The third-order valence-corrected chi connectivity index (χ3v) is 3.16. The fourth-order valence-corrected chi connectivity index (χ4v) is 1.94. The van der Waals surface area contributed by atoms with Gasteiger partial charge in [0.2, 0.25) is 10.0 Å². The number of benzene rings is 1. The zero-order valence-corrected chi connectivity index (χ0v) is 9.24. The molecule has 5 nitrogen and oxygen atoms in total. The van der Waals surface area contributed by atoms with Gasteiger partial charge in [0.25, 0.3) is 0 Å². The van der Waals surface area contributed by atoms with Crippen molar-refractivity contribution in [3.05, 3.63) is 45.3 Å². The van der Waals surface area contributed by atoms with E-state index in [1.807, 2.05) is 0 Å². The summed E-state index contributed by atoms with van der Waals surface area (Å²) in [5.74, 6) is -0.235. The average Bonchev–Trinajstić information content (AvgIpc) is 2.16. The third kappa shape index (κ3) is 3.79. The Hall–Kier alpha value is -1.23. The molecule has 0 heterocycles. The van der Waals surface area contributed by atoms with Crippen molar-refractivity contribution in [3.8, 4) is 0 Å². The van der Waals surface area contributed by atoms with Crippen LogP contribution in [0.2, 0.25) is 5.02 Å². The van der Waals surface area contributed by atoms with Gasteiger partial charge in [-0.25, -0.2) is 8.42 Å². The van der Waals surface area contributed by atoms with Gasteiger partial charge in [-0.3, -0.25) is 0 Å². The molecule has 0 unspecified atom stereocenters. The number of hydrogen-bond donors (Lipinski definition) is 0. The van der Waals surface area contributed by atoms with Crippen LogP contribution in [-0.2, 0) is 16.4 Å². The van der Waals surface area contributed by atoms with E-state index in [9.17, 15) is 8.42 Å². The SMILES string of the molecule is [N-]=[N+]=NS(=O)(=O)CCc1ccccc1Cl. The van der Waals surface area contributed by atoms with E-state index < -0.39 is 10.0 Å². The van der Waals surface area contributed by atoms with Gasteiger partial charge in [-0.15, -0.1) is 0 Å². The highest BCUT2D eigenvalue weighted by Crippen LogP contribution is 2.16. The van der Waals surface area contributed by atoms with Crippen molar-refractivity contribution in [1.29, 1.82) is 0 Å².